The highest BCUT2D eigenvalue weighted by molar-refractivity contribution is 7.13. The molecule has 2 aliphatic rings. The number of aromatic nitrogens is 1. The van der Waals surface area contributed by atoms with Crippen molar-refractivity contribution in [2.24, 2.45) is 11.8 Å². The Hall–Kier alpha value is -1.28. The lowest BCUT2D eigenvalue weighted by Gasteiger charge is -2.26. The van der Waals surface area contributed by atoms with E-state index >= 15 is 0 Å². The maximum atomic E-state index is 5.86. The molecule has 1 saturated carbocycles. The molecule has 0 N–H and O–H groups in total. The predicted octanol–water partition coefficient (Wildman–Crippen LogP) is 7.16. The van der Waals surface area contributed by atoms with E-state index < -0.39 is 0 Å². The van der Waals surface area contributed by atoms with Crippen molar-refractivity contribution in [1.82, 2.24) is 9.65 Å². The van der Waals surface area contributed by atoms with Crippen LogP contribution in [0, 0.1) is 25.7 Å². The smallest absolute Gasteiger partial charge is 0.0720 e. The van der Waals surface area contributed by atoms with Crippen LogP contribution in [0.2, 0.25) is 0 Å². The number of nitrogens with zero attached hydrogens (tertiary/aromatic N) is 2. The molecule has 4 atom stereocenters. The van der Waals surface area contributed by atoms with Gasteiger partial charge in [-0.15, -0.1) is 0 Å². The fraction of sp³-hybridized carbons (Fsp3) is 0.607. The molecule has 1 aliphatic heterocycles. The van der Waals surface area contributed by atoms with Crippen LogP contribution in [-0.2, 0) is 17.8 Å². The van der Waals surface area contributed by atoms with Crippen LogP contribution in [0.1, 0.15) is 75.4 Å². The lowest BCUT2D eigenvalue weighted by molar-refractivity contribution is 0.0434. The first kappa shape index (κ1) is 27.0. The molecule has 2 heterocycles. The van der Waals surface area contributed by atoms with Crippen molar-refractivity contribution in [3.8, 4) is 0 Å². The van der Waals surface area contributed by atoms with Gasteiger partial charge in [0.2, 0.25) is 0 Å². The zero-order chi connectivity index (χ0) is 23.3. The molecule has 3 nitrogen and oxygen atoms in total. The molecule has 178 valence electrons. The molecule has 2 aromatic rings. The Morgan fingerprint density at radius 2 is 1.75 bits per heavy atom. The summed E-state index contributed by atoms with van der Waals surface area (Å²) in [6.45, 7) is 14.2. The van der Waals surface area contributed by atoms with E-state index in [9.17, 15) is 0 Å². The third kappa shape index (κ3) is 10.6. The first-order valence-electron chi connectivity index (χ1n) is 12.5. The van der Waals surface area contributed by atoms with Crippen molar-refractivity contribution in [1.29, 1.82) is 0 Å². The second-order valence-corrected chi connectivity index (χ2v) is 10.4. The van der Waals surface area contributed by atoms with Crippen LogP contribution in [0.25, 0.3) is 0 Å². The van der Waals surface area contributed by atoms with Crippen LogP contribution < -0.4 is 0 Å². The summed E-state index contributed by atoms with van der Waals surface area (Å²) in [5.74, 6) is 1.78. The number of rotatable bonds is 4. The fourth-order valence-electron chi connectivity index (χ4n) is 4.41. The number of hydrogen-bond donors (Lipinski definition) is 0. The van der Waals surface area contributed by atoms with Crippen LogP contribution in [0.4, 0.5) is 0 Å². The molecule has 0 spiro atoms. The van der Waals surface area contributed by atoms with Crippen molar-refractivity contribution in [3.63, 3.8) is 0 Å². The third-order valence-corrected chi connectivity index (χ3v) is 6.85. The molecule has 1 aromatic heterocycles. The lowest BCUT2D eigenvalue weighted by Crippen LogP contribution is -2.25. The summed E-state index contributed by atoms with van der Waals surface area (Å²) in [6.07, 6.45) is 8.21. The molecule has 4 rings (SSSR count). The van der Waals surface area contributed by atoms with Gasteiger partial charge in [0.1, 0.15) is 0 Å². The van der Waals surface area contributed by atoms with Gasteiger partial charge in [0.05, 0.1) is 12.7 Å². The van der Waals surface area contributed by atoms with Crippen LogP contribution >= 0.6 is 9.39 Å². The number of piperidine rings is 1. The van der Waals surface area contributed by atoms with E-state index in [1.807, 2.05) is 13.0 Å². The topological polar surface area (TPSA) is 25.4 Å². The zero-order valence-electron chi connectivity index (χ0n) is 21.0. The number of aryl methyl sites for hydroxylation is 3. The van der Waals surface area contributed by atoms with Gasteiger partial charge in [-0.1, -0.05) is 66.6 Å². The Bertz CT molecular complexity index is 759. The summed E-state index contributed by atoms with van der Waals surface area (Å²) >= 11 is 0. The molecular formula is C28H45N2OP. The molecule has 1 saturated heterocycles. The van der Waals surface area contributed by atoms with Gasteiger partial charge in [0.25, 0.3) is 0 Å². The maximum Gasteiger partial charge on any atom is 0.0720 e. The van der Waals surface area contributed by atoms with Gasteiger partial charge >= 0.3 is 0 Å². The summed E-state index contributed by atoms with van der Waals surface area (Å²) in [5.41, 5.74) is 4.91. The zero-order valence-corrected chi connectivity index (χ0v) is 22.2. The van der Waals surface area contributed by atoms with Gasteiger partial charge < -0.3 is 4.74 Å². The molecule has 0 bridgehead atoms. The average molecular weight is 457 g/mol. The Morgan fingerprint density at radius 3 is 2.28 bits per heavy atom. The van der Waals surface area contributed by atoms with Crippen LogP contribution in [0.3, 0.4) is 0 Å². The largest absolute Gasteiger partial charge is 0.374 e. The monoisotopic (exact) mass is 456 g/mol. The molecule has 4 unspecified atom stereocenters. The highest BCUT2D eigenvalue weighted by Crippen LogP contribution is 2.27. The van der Waals surface area contributed by atoms with Gasteiger partial charge in [-0.25, -0.2) is 0 Å². The summed E-state index contributed by atoms with van der Waals surface area (Å²) in [5, 5.41) is 0. The minimum Gasteiger partial charge on any atom is -0.374 e. The summed E-state index contributed by atoms with van der Waals surface area (Å²) in [7, 11) is 2.76. The van der Waals surface area contributed by atoms with Crippen molar-refractivity contribution < 1.29 is 4.74 Å². The molecule has 0 amide bonds. The second-order valence-electron chi connectivity index (χ2n) is 9.63. The van der Waals surface area contributed by atoms with E-state index in [0.29, 0.717) is 6.10 Å². The van der Waals surface area contributed by atoms with E-state index in [-0.39, 0.29) is 0 Å². The van der Waals surface area contributed by atoms with E-state index in [2.05, 4.69) is 83.1 Å². The average Bonchev–Trinajstić information content (AvgIpc) is 3.19. The third-order valence-electron chi connectivity index (χ3n) is 6.38. The molecular weight excluding hydrogens is 411 g/mol. The van der Waals surface area contributed by atoms with Crippen LogP contribution in [0.15, 0.2) is 42.5 Å². The Labute approximate surface area is 199 Å². The first-order valence-corrected chi connectivity index (χ1v) is 13.0. The predicted molar refractivity (Wildman–Crippen MR) is 141 cm³/mol. The molecule has 2 fully saturated rings. The number of hydrogen-bond acceptors (Lipinski definition) is 3. The van der Waals surface area contributed by atoms with Crippen LogP contribution in [0.5, 0.6) is 0 Å². The summed E-state index contributed by atoms with van der Waals surface area (Å²) < 4.78 is 8.19. The first-order chi connectivity index (χ1) is 15.4. The summed E-state index contributed by atoms with van der Waals surface area (Å²) in [4.78, 5) is 4.34. The standard InChI is InChI=1S/C13H18O.C9H13N.C6H14NP/c1-11-7-8-13(9-11)14-10-12-5-3-2-4-6-12;1-4-9-6-5-7(2)10-8(9)3;1-6-3-2-4-7(8)5-6/h2-6,11,13H,7-10H2,1H3;5-6H,4H2,1-3H3;6H,2-5,8H2,1H3. The van der Waals surface area contributed by atoms with Gasteiger partial charge in [-0.3, -0.25) is 9.65 Å². The number of ether oxygens (including phenoxy) is 1. The second kappa shape index (κ2) is 14.8. The van der Waals surface area contributed by atoms with Crippen LogP contribution in [-0.4, -0.2) is 28.8 Å². The van der Waals surface area contributed by atoms with Gasteiger partial charge in [-0.05, 0) is 81.4 Å². The van der Waals surface area contributed by atoms with Crippen molar-refractivity contribution in [3.05, 3.63) is 65.0 Å². The Kier molecular flexibility index (Phi) is 12.5. The Balaban J connectivity index is 0.000000178. The van der Waals surface area contributed by atoms with Crippen molar-refractivity contribution in [2.45, 2.75) is 85.9 Å². The van der Waals surface area contributed by atoms with E-state index in [4.69, 9.17) is 4.74 Å². The molecule has 4 heteroatoms. The minimum atomic E-state index is 0.505. The summed E-state index contributed by atoms with van der Waals surface area (Å²) in [6, 6.07) is 14.6. The minimum absolute atomic E-state index is 0.505. The van der Waals surface area contributed by atoms with Crippen molar-refractivity contribution >= 4 is 9.39 Å². The normalized spacial score (nSPS) is 23.0. The number of benzene rings is 1. The molecule has 1 aliphatic carbocycles. The highest BCUT2D eigenvalue weighted by atomic mass is 31.0. The van der Waals surface area contributed by atoms with E-state index in [1.165, 1.54) is 62.0 Å². The number of pyridine rings is 1. The maximum absolute atomic E-state index is 5.86. The molecule has 32 heavy (non-hydrogen) atoms. The lowest BCUT2D eigenvalue weighted by atomic mass is 10.0. The SMILES string of the molecule is CC1CCC(OCc2ccccc2)C1.CC1CCCN(P)C1.CCc1ccc(C)nc1C. The van der Waals surface area contributed by atoms with Gasteiger partial charge in [0.15, 0.2) is 0 Å². The van der Waals surface area contributed by atoms with Gasteiger partial charge in [-0.2, -0.15) is 0 Å². The molecule has 0 radical (unpaired) electrons. The highest BCUT2D eigenvalue weighted by Gasteiger charge is 2.21. The fourth-order valence-corrected chi connectivity index (χ4v) is 4.95. The van der Waals surface area contributed by atoms with Crippen molar-refractivity contribution in [2.75, 3.05) is 13.1 Å². The van der Waals surface area contributed by atoms with E-state index in [0.717, 1.165) is 30.6 Å². The Morgan fingerprint density at radius 1 is 1.00 bits per heavy atom. The molecule has 1 aromatic carbocycles. The van der Waals surface area contributed by atoms with Gasteiger partial charge in [0, 0.05) is 24.5 Å². The van der Waals surface area contributed by atoms with E-state index in [1.54, 1.807) is 0 Å². The quantitative estimate of drug-likeness (QED) is 0.456.